The normalized spacial score (nSPS) is 20.4. The van der Waals surface area contributed by atoms with Crippen molar-refractivity contribution < 1.29 is 27.9 Å². The topological polar surface area (TPSA) is 60.4 Å². The van der Waals surface area contributed by atoms with Crippen molar-refractivity contribution in [1.82, 2.24) is 0 Å². The van der Waals surface area contributed by atoms with Crippen LogP contribution in [0.4, 0.5) is 8.78 Å². The van der Waals surface area contributed by atoms with Crippen molar-refractivity contribution in [3.63, 3.8) is 0 Å². The van der Waals surface area contributed by atoms with Crippen LogP contribution >= 0.6 is 0 Å². The molecule has 0 bridgehead atoms. The Labute approximate surface area is 160 Å². The number of carbonyl (C=O) groups is 3. The minimum Gasteiger partial charge on any atom is -0.469 e. The van der Waals surface area contributed by atoms with Crippen LogP contribution in [-0.2, 0) is 19.1 Å². The number of halogens is 2. The molecule has 0 spiro atoms. The molecule has 0 saturated heterocycles. The molecule has 1 unspecified atom stereocenters. The van der Waals surface area contributed by atoms with E-state index in [4.69, 9.17) is 0 Å². The van der Waals surface area contributed by atoms with E-state index in [0.29, 0.717) is 51.4 Å². The summed E-state index contributed by atoms with van der Waals surface area (Å²) < 4.78 is 32.2. The standard InChI is InChI=1S/C21H32F2O4/c1-3-4-15-21(22,23)19(25)14-12-16-11-13-18(24)17(16)9-7-5-6-8-10-20(26)27-2/h5,7,16-17H,3-4,6,8-15H2,1-2H3/b7-5-/t16?,17-/m1/s1. The Morgan fingerprint density at radius 3 is 2.63 bits per heavy atom. The Kier molecular flexibility index (Phi) is 10.4. The lowest BCUT2D eigenvalue weighted by Crippen LogP contribution is -2.29. The average Bonchev–Trinajstić information content (AvgIpc) is 3.00. The van der Waals surface area contributed by atoms with E-state index in [-0.39, 0.29) is 36.4 Å². The van der Waals surface area contributed by atoms with Crippen LogP contribution in [0.25, 0.3) is 0 Å². The molecule has 0 heterocycles. The summed E-state index contributed by atoms with van der Waals surface area (Å²) in [6.07, 6.45) is 8.13. The third kappa shape index (κ3) is 8.31. The highest BCUT2D eigenvalue weighted by molar-refractivity contribution is 5.86. The van der Waals surface area contributed by atoms with Crippen molar-refractivity contribution in [1.29, 1.82) is 0 Å². The molecule has 1 rings (SSSR count). The predicted octanol–water partition coefficient (Wildman–Crippen LogP) is 5.05. The van der Waals surface area contributed by atoms with Gasteiger partial charge < -0.3 is 4.74 Å². The number of Topliss-reactive ketones (excluding diaryl/α,β-unsaturated/α-hetero) is 2. The minimum absolute atomic E-state index is 0.00291. The number of alkyl halides is 2. The molecule has 0 radical (unpaired) electrons. The number of ketones is 2. The minimum atomic E-state index is -3.24. The number of allylic oxidation sites excluding steroid dienone is 2. The Bertz CT molecular complexity index is 528. The van der Waals surface area contributed by atoms with Gasteiger partial charge in [0, 0.05) is 31.6 Å². The van der Waals surface area contributed by atoms with E-state index in [2.05, 4.69) is 4.74 Å². The second-order valence-corrected chi connectivity index (χ2v) is 7.32. The summed E-state index contributed by atoms with van der Waals surface area (Å²) in [6, 6.07) is 0. The van der Waals surface area contributed by atoms with Crippen LogP contribution in [0.1, 0.15) is 77.6 Å². The third-order valence-electron chi connectivity index (χ3n) is 5.27. The first-order valence-electron chi connectivity index (χ1n) is 9.97. The SMILES string of the molecule is CCCCC(F)(F)C(=O)CCC1CCC(=O)[C@@H]1C/C=C\CCCC(=O)OC. The lowest BCUT2D eigenvalue weighted by Gasteiger charge is -2.19. The van der Waals surface area contributed by atoms with Gasteiger partial charge in [-0.3, -0.25) is 14.4 Å². The molecule has 6 heteroatoms. The molecule has 0 aromatic heterocycles. The Balaban J connectivity index is 2.41. The number of rotatable bonds is 13. The van der Waals surface area contributed by atoms with Crippen molar-refractivity contribution >= 4 is 17.5 Å². The molecule has 0 aromatic rings. The van der Waals surface area contributed by atoms with Crippen LogP contribution in [0.15, 0.2) is 12.2 Å². The molecule has 0 amide bonds. The fourth-order valence-electron chi connectivity index (χ4n) is 3.51. The van der Waals surface area contributed by atoms with Gasteiger partial charge in [-0.05, 0) is 44.4 Å². The van der Waals surface area contributed by atoms with Gasteiger partial charge in [-0.15, -0.1) is 0 Å². The lowest BCUT2D eigenvalue weighted by atomic mass is 9.87. The lowest BCUT2D eigenvalue weighted by molar-refractivity contribution is -0.144. The fraction of sp³-hybridized carbons (Fsp3) is 0.762. The molecule has 1 aliphatic carbocycles. The van der Waals surface area contributed by atoms with Crippen LogP contribution in [-0.4, -0.2) is 30.6 Å². The Morgan fingerprint density at radius 2 is 1.96 bits per heavy atom. The van der Waals surface area contributed by atoms with Crippen molar-refractivity contribution in [3.05, 3.63) is 12.2 Å². The van der Waals surface area contributed by atoms with E-state index < -0.39 is 11.7 Å². The van der Waals surface area contributed by atoms with Gasteiger partial charge in [0.15, 0.2) is 0 Å². The second kappa shape index (κ2) is 12.0. The van der Waals surface area contributed by atoms with Gasteiger partial charge >= 0.3 is 11.9 Å². The predicted molar refractivity (Wildman–Crippen MR) is 99.6 cm³/mol. The maximum atomic E-state index is 13.8. The molecular weight excluding hydrogens is 354 g/mol. The first-order valence-corrected chi connectivity index (χ1v) is 9.97. The monoisotopic (exact) mass is 386 g/mol. The van der Waals surface area contributed by atoms with E-state index in [1.165, 1.54) is 7.11 Å². The van der Waals surface area contributed by atoms with Crippen LogP contribution in [0.3, 0.4) is 0 Å². The molecule has 4 nitrogen and oxygen atoms in total. The smallest absolute Gasteiger partial charge is 0.305 e. The van der Waals surface area contributed by atoms with E-state index in [1.54, 1.807) is 0 Å². The molecule has 1 aliphatic rings. The summed E-state index contributed by atoms with van der Waals surface area (Å²) in [6.45, 7) is 1.82. The maximum absolute atomic E-state index is 13.8. The quantitative estimate of drug-likeness (QED) is 0.253. The van der Waals surface area contributed by atoms with Gasteiger partial charge in [0.1, 0.15) is 5.78 Å². The summed E-state index contributed by atoms with van der Waals surface area (Å²) in [4.78, 5) is 35.0. The van der Waals surface area contributed by atoms with Crippen LogP contribution in [0, 0.1) is 11.8 Å². The molecule has 0 aromatic carbocycles. The van der Waals surface area contributed by atoms with Gasteiger partial charge in [-0.1, -0.05) is 25.5 Å². The van der Waals surface area contributed by atoms with Gasteiger partial charge in [0.05, 0.1) is 7.11 Å². The summed E-state index contributed by atoms with van der Waals surface area (Å²) in [5.74, 6) is -4.50. The van der Waals surface area contributed by atoms with Crippen molar-refractivity contribution in [2.45, 2.75) is 83.5 Å². The van der Waals surface area contributed by atoms with E-state index in [0.717, 1.165) is 6.42 Å². The van der Waals surface area contributed by atoms with E-state index in [1.807, 2.05) is 19.1 Å². The molecule has 0 N–H and O–H groups in total. The number of ether oxygens (including phenoxy) is 1. The van der Waals surface area contributed by atoms with Crippen LogP contribution < -0.4 is 0 Å². The van der Waals surface area contributed by atoms with E-state index in [9.17, 15) is 23.2 Å². The van der Waals surface area contributed by atoms with Gasteiger partial charge in [0.25, 0.3) is 0 Å². The zero-order valence-electron chi connectivity index (χ0n) is 16.5. The Hall–Kier alpha value is -1.59. The van der Waals surface area contributed by atoms with Crippen molar-refractivity contribution in [2.24, 2.45) is 11.8 Å². The Morgan fingerprint density at radius 1 is 1.22 bits per heavy atom. The number of carbonyl (C=O) groups excluding carboxylic acids is 3. The summed E-state index contributed by atoms with van der Waals surface area (Å²) in [7, 11) is 1.36. The highest BCUT2D eigenvalue weighted by atomic mass is 19.3. The molecule has 0 aliphatic heterocycles. The maximum Gasteiger partial charge on any atom is 0.305 e. The number of hydrogen-bond donors (Lipinski definition) is 0. The zero-order valence-corrected chi connectivity index (χ0v) is 16.5. The van der Waals surface area contributed by atoms with Gasteiger partial charge in [-0.25, -0.2) is 0 Å². The second-order valence-electron chi connectivity index (χ2n) is 7.32. The number of hydrogen-bond acceptors (Lipinski definition) is 4. The molecule has 1 fully saturated rings. The average molecular weight is 386 g/mol. The number of esters is 1. The number of unbranched alkanes of at least 4 members (excludes halogenated alkanes) is 2. The molecule has 154 valence electrons. The summed E-state index contributed by atoms with van der Waals surface area (Å²) in [5, 5.41) is 0. The zero-order chi connectivity index (χ0) is 20.3. The van der Waals surface area contributed by atoms with Crippen LogP contribution in [0.5, 0.6) is 0 Å². The number of methoxy groups -OCH3 is 1. The highest BCUT2D eigenvalue weighted by Crippen LogP contribution is 2.36. The highest BCUT2D eigenvalue weighted by Gasteiger charge is 2.39. The van der Waals surface area contributed by atoms with Gasteiger partial charge in [0.2, 0.25) is 5.78 Å². The van der Waals surface area contributed by atoms with Crippen molar-refractivity contribution in [2.75, 3.05) is 7.11 Å². The molecule has 27 heavy (non-hydrogen) atoms. The molecule has 2 atom stereocenters. The first kappa shape index (κ1) is 23.4. The molecule has 1 saturated carbocycles. The molecular formula is C21H32F2O4. The third-order valence-corrected chi connectivity index (χ3v) is 5.27. The van der Waals surface area contributed by atoms with E-state index >= 15 is 0 Å². The first-order chi connectivity index (χ1) is 12.8. The summed E-state index contributed by atoms with van der Waals surface area (Å²) in [5.41, 5.74) is 0. The summed E-state index contributed by atoms with van der Waals surface area (Å²) >= 11 is 0. The van der Waals surface area contributed by atoms with Crippen molar-refractivity contribution in [3.8, 4) is 0 Å². The van der Waals surface area contributed by atoms with Gasteiger partial charge in [-0.2, -0.15) is 8.78 Å². The largest absolute Gasteiger partial charge is 0.469 e. The fourth-order valence-corrected chi connectivity index (χ4v) is 3.51. The van der Waals surface area contributed by atoms with Crippen LogP contribution in [0.2, 0.25) is 0 Å².